The predicted molar refractivity (Wildman–Crippen MR) is 181 cm³/mol. The molecule has 8 nitrogen and oxygen atoms in total. The number of ether oxygens (including phenoxy) is 1. The summed E-state index contributed by atoms with van der Waals surface area (Å²) in [6.07, 6.45) is 9.64. The average molecular weight is 632 g/mol. The number of aromatic nitrogens is 2. The van der Waals surface area contributed by atoms with Crippen LogP contribution in [0.1, 0.15) is 91.8 Å². The highest BCUT2D eigenvalue weighted by Crippen LogP contribution is 2.40. The Morgan fingerprint density at radius 1 is 0.956 bits per heavy atom. The molecule has 2 aromatic carbocycles. The molecule has 0 spiro atoms. The highest BCUT2D eigenvalue weighted by Gasteiger charge is 2.51. The molecule has 1 saturated carbocycles. The maximum absolute atomic E-state index is 11.9. The summed E-state index contributed by atoms with van der Waals surface area (Å²) in [6.45, 7) is 12.7. The van der Waals surface area contributed by atoms with Gasteiger partial charge in [-0.1, -0.05) is 81.4 Å². The van der Waals surface area contributed by atoms with Crippen LogP contribution in [0, 0.1) is 0 Å². The third kappa shape index (κ3) is 8.95. The van der Waals surface area contributed by atoms with Gasteiger partial charge < -0.3 is 24.2 Å². The first-order valence-electron chi connectivity index (χ1n) is 16.0. The van der Waals surface area contributed by atoms with Crippen molar-refractivity contribution in [1.29, 1.82) is 0 Å². The maximum atomic E-state index is 11.9. The van der Waals surface area contributed by atoms with E-state index in [-0.39, 0.29) is 22.8 Å². The van der Waals surface area contributed by atoms with Crippen LogP contribution in [-0.4, -0.2) is 53.3 Å². The van der Waals surface area contributed by atoms with Crippen molar-refractivity contribution in [2.75, 3.05) is 6.54 Å². The number of amides is 1. The van der Waals surface area contributed by atoms with Gasteiger partial charge in [-0.25, -0.2) is 14.6 Å². The van der Waals surface area contributed by atoms with Gasteiger partial charge in [0.2, 0.25) is 0 Å². The molecule has 0 unspecified atom stereocenters. The number of carbonyl (C=O) groups excluding carboxylic acids is 1. The fourth-order valence-electron chi connectivity index (χ4n) is 6.23. The largest absolute Gasteiger partial charge is 0.478 e. The molecular weight excluding hydrogens is 582 g/mol. The summed E-state index contributed by atoms with van der Waals surface area (Å²) < 4.78 is 14.7. The minimum atomic E-state index is -2.61. The highest BCUT2D eigenvalue weighted by atomic mass is 28.4. The number of imidazole rings is 1. The second-order valence-corrected chi connectivity index (χ2v) is 18.2. The number of carboxylic acids is 1. The Bertz CT molecular complexity index is 1390. The van der Waals surface area contributed by atoms with Crippen molar-refractivity contribution in [2.24, 2.45) is 0 Å². The molecule has 1 fully saturated rings. The van der Waals surface area contributed by atoms with E-state index in [0.29, 0.717) is 25.1 Å². The summed E-state index contributed by atoms with van der Waals surface area (Å²) in [4.78, 5) is 28.3. The lowest BCUT2D eigenvalue weighted by atomic mass is 9.93. The summed E-state index contributed by atoms with van der Waals surface area (Å²) in [6, 6.07) is 21.8. The number of alkyl carbamates (subject to hydrolysis) is 1. The summed E-state index contributed by atoms with van der Waals surface area (Å²) in [5.41, 5.74) is 0.302. The molecule has 0 radical (unpaired) electrons. The van der Waals surface area contributed by atoms with Gasteiger partial charge in [-0.2, -0.15) is 0 Å². The van der Waals surface area contributed by atoms with Gasteiger partial charge in [0.25, 0.3) is 8.32 Å². The molecule has 1 heterocycles. The number of nitrogens with zero attached hydrogens (tertiary/aromatic N) is 2. The second kappa shape index (κ2) is 14.6. The van der Waals surface area contributed by atoms with E-state index in [1.807, 2.05) is 12.5 Å². The minimum Gasteiger partial charge on any atom is -0.478 e. The van der Waals surface area contributed by atoms with Gasteiger partial charge >= 0.3 is 12.1 Å². The molecule has 0 atom stereocenters. The van der Waals surface area contributed by atoms with Crippen molar-refractivity contribution in [1.82, 2.24) is 14.9 Å². The minimum absolute atomic E-state index is 0.0637. The number of carboxylic acid groups (broad SMARTS) is 1. The molecule has 2 N–H and O–H groups in total. The lowest BCUT2D eigenvalue weighted by molar-refractivity contribution is -0.132. The molecule has 9 heteroatoms. The lowest BCUT2D eigenvalue weighted by Crippen LogP contribution is -2.67. The number of hydrogen-bond donors (Lipinski definition) is 2. The quantitative estimate of drug-likeness (QED) is 0.138. The van der Waals surface area contributed by atoms with Crippen molar-refractivity contribution in [2.45, 2.75) is 103 Å². The summed E-state index contributed by atoms with van der Waals surface area (Å²) >= 11 is 0. The first kappa shape index (κ1) is 34.2. The van der Waals surface area contributed by atoms with Crippen molar-refractivity contribution >= 4 is 36.8 Å². The Hall–Kier alpha value is -3.69. The molecule has 0 saturated heterocycles. The predicted octanol–water partition coefficient (Wildman–Crippen LogP) is 6.72. The van der Waals surface area contributed by atoms with Gasteiger partial charge in [-0.3, -0.25) is 0 Å². The first-order chi connectivity index (χ1) is 21.3. The molecule has 242 valence electrons. The van der Waals surface area contributed by atoms with Crippen LogP contribution in [0.4, 0.5) is 4.79 Å². The van der Waals surface area contributed by atoms with E-state index in [4.69, 9.17) is 9.16 Å². The van der Waals surface area contributed by atoms with Crippen LogP contribution in [-0.2, 0) is 14.0 Å². The Morgan fingerprint density at radius 2 is 1.53 bits per heavy atom. The Balaban J connectivity index is 1.40. The zero-order valence-electron chi connectivity index (χ0n) is 27.6. The van der Waals surface area contributed by atoms with Crippen molar-refractivity contribution in [3.05, 3.63) is 84.5 Å². The van der Waals surface area contributed by atoms with E-state index in [1.54, 1.807) is 26.8 Å². The van der Waals surface area contributed by atoms with Gasteiger partial charge in [0.05, 0.1) is 12.0 Å². The third-order valence-electron chi connectivity index (χ3n) is 8.34. The Kier molecular flexibility index (Phi) is 11.1. The van der Waals surface area contributed by atoms with Crippen molar-refractivity contribution < 1.29 is 23.9 Å². The van der Waals surface area contributed by atoms with Crippen molar-refractivity contribution in [3.8, 4) is 0 Å². The fraction of sp³-hybridized carbons (Fsp3) is 0.472. The van der Waals surface area contributed by atoms with Gasteiger partial charge in [0.1, 0.15) is 5.60 Å². The number of nitrogens with one attached hydrogen (secondary N) is 1. The van der Waals surface area contributed by atoms with E-state index >= 15 is 0 Å². The number of hydrogen-bond acceptors (Lipinski definition) is 5. The third-order valence-corrected chi connectivity index (χ3v) is 13.4. The van der Waals surface area contributed by atoms with Gasteiger partial charge in [-0.05, 0) is 80.8 Å². The highest BCUT2D eigenvalue weighted by molar-refractivity contribution is 6.99. The van der Waals surface area contributed by atoms with Crippen LogP contribution in [0.15, 0.2) is 78.8 Å². The van der Waals surface area contributed by atoms with Crippen LogP contribution in [0.25, 0.3) is 6.08 Å². The Labute approximate surface area is 269 Å². The van der Waals surface area contributed by atoms with Crippen LogP contribution >= 0.6 is 0 Å². The fourth-order valence-corrected chi connectivity index (χ4v) is 11.0. The molecular formula is C36H49N3O5Si. The monoisotopic (exact) mass is 631 g/mol. The van der Waals surface area contributed by atoms with Crippen LogP contribution in [0.5, 0.6) is 0 Å². The lowest BCUT2D eigenvalue weighted by Gasteiger charge is -2.46. The van der Waals surface area contributed by atoms with Crippen LogP contribution < -0.4 is 15.7 Å². The van der Waals surface area contributed by atoms with E-state index in [1.165, 1.54) is 10.4 Å². The van der Waals surface area contributed by atoms with Gasteiger partial charge in [-0.15, -0.1) is 0 Å². The Morgan fingerprint density at radius 3 is 2.04 bits per heavy atom. The maximum Gasteiger partial charge on any atom is 0.407 e. The zero-order chi connectivity index (χ0) is 32.7. The molecule has 1 amide bonds. The average Bonchev–Trinajstić information content (AvgIpc) is 3.45. The summed E-state index contributed by atoms with van der Waals surface area (Å²) in [7, 11) is -2.61. The first-order valence-corrected chi connectivity index (χ1v) is 17.9. The van der Waals surface area contributed by atoms with E-state index in [9.17, 15) is 14.7 Å². The number of rotatable bonds is 11. The summed E-state index contributed by atoms with van der Waals surface area (Å²) in [5, 5.41) is 15.0. The second-order valence-electron chi connectivity index (χ2n) is 14.0. The van der Waals surface area contributed by atoms with E-state index in [2.05, 4.69) is 96.3 Å². The molecule has 4 rings (SSSR count). The molecule has 1 aliphatic rings. The number of benzene rings is 2. The summed E-state index contributed by atoms with van der Waals surface area (Å²) in [5.74, 6) is -0.984. The molecule has 1 aliphatic carbocycles. The molecule has 45 heavy (non-hydrogen) atoms. The molecule has 3 aromatic rings. The number of aliphatic carboxylic acids is 1. The van der Waals surface area contributed by atoms with E-state index in [0.717, 1.165) is 25.7 Å². The van der Waals surface area contributed by atoms with Crippen molar-refractivity contribution in [3.63, 3.8) is 0 Å². The SMILES string of the molecule is CC(C)(C)OC(=O)NCCCC(=Cc1cn([C@H]2CC[C@@H](O[Si](c3ccccc3)(c3ccccc3)C(C)(C)C)CC2)cn1)C(=O)O. The molecule has 1 aromatic heterocycles. The van der Waals surface area contributed by atoms with Gasteiger partial charge in [0, 0.05) is 30.5 Å². The van der Waals surface area contributed by atoms with Crippen LogP contribution in [0.2, 0.25) is 5.04 Å². The smallest absolute Gasteiger partial charge is 0.407 e. The number of carbonyl (C=O) groups is 2. The van der Waals surface area contributed by atoms with Crippen LogP contribution in [0.3, 0.4) is 0 Å². The molecule has 0 aliphatic heterocycles. The van der Waals surface area contributed by atoms with Gasteiger partial charge in [0.15, 0.2) is 0 Å². The molecule has 0 bridgehead atoms. The normalized spacial score (nSPS) is 18.0. The zero-order valence-corrected chi connectivity index (χ0v) is 28.6. The standard InChI is InChI=1S/C36H49N3O5Si/c1-35(2,3)43-34(42)37-23-13-14-27(33(40)41)24-28-25-39(26-38-28)29-19-21-30(22-20-29)44-45(36(4,5)6,31-15-9-7-10-16-31)32-17-11-8-12-18-32/h7-12,15-18,24-26,29-30H,13-14,19-23H2,1-6H3,(H,37,42)(H,40,41)/t29-,30+. The van der Waals surface area contributed by atoms with E-state index < -0.39 is 26.0 Å². The topological polar surface area (TPSA) is 103 Å².